The predicted octanol–water partition coefficient (Wildman–Crippen LogP) is 3.44. The number of halogens is 1. The Labute approximate surface area is 129 Å². The van der Waals surface area contributed by atoms with Crippen LogP contribution in [0.1, 0.15) is 26.3 Å². The summed E-state index contributed by atoms with van der Waals surface area (Å²) in [4.78, 5) is 31.9. The number of carboxylic acids is 1. The van der Waals surface area contributed by atoms with Gasteiger partial charge in [-0.05, 0) is 35.9 Å². The third kappa shape index (κ3) is 4.40. The fourth-order valence-electron chi connectivity index (χ4n) is 1.56. The highest BCUT2D eigenvalue weighted by atomic mass is 79.9. The number of hydrogen-bond acceptors (Lipinski definition) is 4. The molecule has 0 spiro atoms. The average molecular weight is 351 g/mol. The molecule has 0 atom stereocenters. The van der Waals surface area contributed by atoms with Gasteiger partial charge in [0.1, 0.15) is 6.61 Å². The van der Waals surface area contributed by atoms with Crippen LogP contribution >= 0.6 is 15.9 Å². The van der Waals surface area contributed by atoms with Crippen molar-refractivity contribution in [1.29, 1.82) is 0 Å². The summed E-state index contributed by atoms with van der Waals surface area (Å²) in [5, 5.41) is 8.77. The third-order valence-corrected chi connectivity index (χ3v) is 3.11. The molecule has 5 nitrogen and oxygen atoms in total. The van der Waals surface area contributed by atoms with Crippen LogP contribution in [0.2, 0.25) is 0 Å². The molecule has 0 bridgehead atoms. The molecule has 2 aromatic rings. The summed E-state index contributed by atoms with van der Waals surface area (Å²) in [6.07, 6.45) is 0. The third-order valence-electron chi connectivity index (χ3n) is 2.62. The average Bonchev–Trinajstić information content (AvgIpc) is 2.47. The zero-order chi connectivity index (χ0) is 15.2. The van der Waals surface area contributed by atoms with Crippen molar-refractivity contribution in [3.63, 3.8) is 0 Å². The van der Waals surface area contributed by atoms with Gasteiger partial charge in [0.15, 0.2) is 0 Å². The number of carboxylic acid groups (broad SMARTS) is 1. The van der Waals surface area contributed by atoms with Gasteiger partial charge < -0.3 is 5.11 Å². The largest absolute Gasteiger partial charge is 0.478 e. The highest BCUT2D eigenvalue weighted by molar-refractivity contribution is 9.10. The van der Waals surface area contributed by atoms with Gasteiger partial charge in [-0.25, -0.2) is 9.59 Å². The smallest absolute Gasteiger partial charge is 0.373 e. The second kappa shape index (κ2) is 7.01. The zero-order valence-corrected chi connectivity index (χ0v) is 12.4. The molecule has 6 heteroatoms. The summed E-state index contributed by atoms with van der Waals surface area (Å²) < 4.78 is 0.765. The molecule has 0 aromatic heterocycles. The van der Waals surface area contributed by atoms with Crippen molar-refractivity contribution in [3.8, 4) is 0 Å². The topological polar surface area (TPSA) is 72.8 Å². The first-order valence-electron chi connectivity index (χ1n) is 5.98. The number of rotatable bonds is 5. The van der Waals surface area contributed by atoms with Crippen LogP contribution in [0.5, 0.6) is 0 Å². The van der Waals surface area contributed by atoms with Crippen LogP contribution < -0.4 is 0 Å². The molecule has 0 heterocycles. The van der Waals surface area contributed by atoms with Gasteiger partial charge in [0.25, 0.3) is 0 Å². The summed E-state index contributed by atoms with van der Waals surface area (Å²) in [5.74, 6) is -1.60. The van der Waals surface area contributed by atoms with E-state index in [0.717, 1.165) is 4.47 Å². The van der Waals surface area contributed by atoms with Crippen molar-refractivity contribution in [3.05, 3.63) is 69.7 Å². The Morgan fingerprint density at radius 2 is 1.76 bits per heavy atom. The van der Waals surface area contributed by atoms with Gasteiger partial charge in [-0.2, -0.15) is 4.89 Å². The Morgan fingerprint density at radius 3 is 2.38 bits per heavy atom. The van der Waals surface area contributed by atoms with Gasteiger partial charge in [0.05, 0.1) is 11.1 Å². The van der Waals surface area contributed by atoms with E-state index in [0.29, 0.717) is 11.1 Å². The summed E-state index contributed by atoms with van der Waals surface area (Å²) in [6.45, 7) is 0.0413. The normalized spacial score (nSPS) is 10.1. The number of benzene rings is 2. The van der Waals surface area contributed by atoms with E-state index in [1.54, 1.807) is 36.4 Å². The standard InChI is InChI=1S/C15H11BrO5/c16-13-3-1-2-12(8-13)15(19)21-20-9-10-4-6-11(7-5-10)14(17)18/h1-8H,9H2,(H,17,18). The second-order valence-corrected chi connectivity index (χ2v) is 5.06. The molecular formula is C15H11BrO5. The van der Waals surface area contributed by atoms with Crippen molar-refractivity contribution >= 4 is 27.9 Å². The number of aromatic carboxylic acids is 1. The predicted molar refractivity (Wildman–Crippen MR) is 77.7 cm³/mol. The summed E-state index contributed by atoms with van der Waals surface area (Å²) in [6, 6.07) is 12.8. The maximum Gasteiger partial charge on any atom is 0.373 e. The maximum atomic E-state index is 11.7. The Bertz CT molecular complexity index is 651. The zero-order valence-electron chi connectivity index (χ0n) is 10.8. The van der Waals surface area contributed by atoms with Crippen LogP contribution in [0.3, 0.4) is 0 Å². The Hall–Kier alpha value is -2.18. The van der Waals surface area contributed by atoms with Crippen LogP contribution in [0.25, 0.3) is 0 Å². The first-order valence-corrected chi connectivity index (χ1v) is 6.77. The Morgan fingerprint density at radius 1 is 1.05 bits per heavy atom. The SMILES string of the molecule is O=C(O)c1ccc(COOC(=O)c2cccc(Br)c2)cc1. The van der Waals surface area contributed by atoms with Crippen LogP contribution in [-0.2, 0) is 16.4 Å². The quantitative estimate of drug-likeness (QED) is 0.660. The van der Waals surface area contributed by atoms with Crippen molar-refractivity contribution < 1.29 is 24.5 Å². The molecule has 108 valence electrons. The molecule has 0 aliphatic rings. The monoisotopic (exact) mass is 350 g/mol. The van der Waals surface area contributed by atoms with Gasteiger partial charge in [-0.15, -0.1) is 0 Å². The number of carbonyl (C=O) groups is 2. The van der Waals surface area contributed by atoms with Crippen LogP contribution in [0.15, 0.2) is 53.0 Å². The molecule has 2 rings (SSSR count). The van der Waals surface area contributed by atoms with Crippen molar-refractivity contribution in [2.45, 2.75) is 6.61 Å². The molecule has 0 radical (unpaired) electrons. The molecule has 0 fully saturated rings. The lowest BCUT2D eigenvalue weighted by molar-refractivity contribution is -0.250. The lowest BCUT2D eigenvalue weighted by Gasteiger charge is -2.04. The lowest BCUT2D eigenvalue weighted by atomic mass is 10.1. The molecule has 0 aliphatic carbocycles. The number of hydrogen-bond donors (Lipinski definition) is 1. The Balaban J connectivity index is 1.86. The van der Waals surface area contributed by atoms with Gasteiger partial charge in [0, 0.05) is 4.47 Å². The first kappa shape index (κ1) is 15.2. The minimum Gasteiger partial charge on any atom is -0.478 e. The molecule has 0 saturated heterocycles. The van der Waals surface area contributed by atoms with E-state index < -0.39 is 11.9 Å². The minimum absolute atomic E-state index is 0.0413. The lowest BCUT2D eigenvalue weighted by Crippen LogP contribution is -2.06. The van der Waals surface area contributed by atoms with Gasteiger partial charge >= 0.3 is 11.9 Å². The molecule has 21 heavy (non-hydrogen) atoms. The fourth-order valence-corrected chi connectivity index (χ4v) is 1.96. The first-order chi connectivity index (χ1) is 10.1. The van der Waals surface area contributed by atoms with E-state index in [2.05, 4.69) is 20.8 Å². The van der Waals surface area contributed by atoms with Gasteiger partial charge in [-0.1, -0.05) is 34.1 Å². The summed E-state index contributed by atoms with van der Waals surface area (Å²) in [5.41, 5.74) is 1.25. The molecular weight excluding hydrogens is 340 g/mol. The van der Waals surface area contributed by atoms with E-state index in [9.17, 15) is 9.59 Å². The highest BCUT2D eigenvalue weighted by Crippen LogP contribution is 2.13. The molecule has 0 aliphatic heterocycles. The second-order valence-electron chi connectivity index (χ2n) is 4.15. The van der Waals surface area contributed by atoms with Crippen molar-refractivity contribution in [2.24, 2.45) is 0 Å². The maximum absolute atomic E-state index is 11.7. The van der Waals surface area contributed by atoms with E-state index in [1.165, 1.54) is 12.1 Å². The van der Waals surface area contributed by atoms with Gasteiger partial charge in [-0.3, -0.25) is 4.89 Å². The summed E-state index contributed by atoms with van der Waals surface area (Å²) in [7, 11) is 0. The van der Waals surface area contributed by atoms with Crippen LogP contribution in [0, 0.1) is 0 Å². The van der Waals surface area contributed by atoms with E-state index in [1.807, 2.05) is 0 Å². The van der Waals surface area contributed by atoms with Crippen molar-refractivity contribution in [2.75, 3.05) is 0 Å². The summed E-state index contributed by atoms with van der Waals surface area (Å²) >= 11 is 3.26. The molecule has 0 amide bonds. The molecule has 1 N–H and O–H groups in total. The Kier molecular flexibility index (Phi) is 5.08. The minimum atomic E-state index is -0.997. The number of carbonyl (C=O) groups excluding carboxylic acids is 1. The fraction of sp³-hybridized carbons (Fsp3) is 0.0667. The van der Waals surface area contributed by atoms with E-state index in [4.69, 9.17) is 9.99 Å². The van der Waals surface area contributed by atoms with E-state index in [-0.39, 0.29) is 12.2 Å². The van der Waals surface area contributed by atoms with E-state index >= 15 is 0 Å². The molecule has 0 saturated carbocycles. The molecule has 2 aromatic carbocycles. The van der Waals surface area contributed by atoms with Crippen molar-refractivity contribution in [1.82, 2.24) is 0 Å². The highest BCUT2D eigenvalue weighted by Gasteiger charge is 2.09. The molecule has 0 unspecified atom stereocenters. The van der Waals surface area contributed by atoms with Crippen LogP contribution in [0.4, 0.5) is 0 Å². The van der Waals surface area contributed by atoms with Crippen LogP contribution in [-0.4, -0.2) is 17.0 Å². The van der Waals surface area contributed by atoms with Gasteiger partial charge in [0.2, 0.25) is 0 Å².